The Morgan fingerprint density at radius 1 is 0.615 bits per heavy atom. The summed E-state index contributed by atoms with van der Waals surface area (Å²) >= 11 is 0. The van der Waals surface area contributed by atoms with Crippen molar-refractivity contribution in [2.45, 2.75) is 37.6 Å². The third-order valence-corrected chi connectivity index (χ3v) is 11.7. The van der Waals surface area contributed by atoms with Gasteiger partial charge in [-0.1, -0.05) is 66.8 Å². The predicted molar refractivity (Wildman–Crippen MR) is 214 cm³/mol. The van der Waals surface area contributed by atoms with Crippen molar-refractivity contribution < 1.29 is 0 Å². The van der Waals surface area contributed by atoms with Gasteiger partial charge in [-0.3, -0.25) is 9.97 Å². The van der Waals surface area contributed by atoms with Crippen LogP contribution < -0.4 is 0 Å². The van der Waals surface area contributed by atoms with Crippen LogP contribution in [0.15, 0.2) is 152 Å². The van der Waals surface area contributed by atoms with E-state index in [2.05, 4.69) is 153 Å². The molecule has 2 atom stereocenters. The molecule has 4 heterocycles. The number of rotatable bonds is 4. The number of aryl methyl sites for hydroxylation is 2. The molecule has 2 unspecified atom stereocenters. The van der Waals surface area contributed by atoms with Crippen molar-refractivity contribution in [3.63, 3.8) is 0 Å². The molecule has 4 heteroatoms. The van der Waals surface area contributed by atoms with Gasteiger partial charge in [-0.15, -0.1) is 0 Å². The number of benzene rings is 4. The molecule has 0 N–H and O–H groups in total. The van der Waals surface area contributed by atoms with Crippen molar-refractivity contribution >= 4 is 38.8 Å². The number of nitrogens with zero attached hydrogens (tertiary/aromatic N) is 4. The Hall–Kier alpha value is -6.26. The lowest BCUT2D eigenvalue weighted by Gasteiger charge is -2.26. The van der Waals surface area contributed by atoms with Crippen LogP contribution >= 0.6 is 0 Å². The predicted octanol–water partition coefficient (Wildman–Crippen LogP) is 11.4. The van der Waals surface area contributed by atoms with Crippen LogP contribution in [0.25, 0.3) is 66.7 Å². The number of pyridine rings is 2. The van der Waals surface area contributed by atoms with E-state index in [-0.39, 0.29) is 0 Å². The van der Waals surface area contributed by atoms with Crippen LogP contribution in [0.3, 0.4) is 0 Å². The van der Waals surface area contributed by atoms with Gasteiger partial charge < -0.3 is 9.13 Å². The zero-order chi connectivity index (χ0) is 34.2. The SMILES string of the molecule is C1=CCC(n2c3c(c4ccc5c(c42)CCc2cc4c6cc(-c7ccncc7)ccc6n(-c6ccccc6)c4cc2-5)CC(c2ccncc2)C=C3)C=C1. The van der Waals surface area contributed by atoms with Crippen molar-refractivity contribution in [3.8, 4) is 27.9 Å². The maximum atomic E-state index is 4.29. The molecule has 0 radical (unpaired) electrons. The lowest BCUT2D eigenvalue weighted by atomic mass is 9.82. The molecule has 4 nitrogen and oxygen atoms in total. The maximum Gasteiger partial charge on any atom is 0.0560 e. The first kappa shape index (κ1) is 29.5. The second-order valence-electron chi connectivity index (χ2n) is 14.5. The third-order valence-electron chi connectivity index (χ3n) is 11.7. The molecule has 0 amide bonds. The van der Waals surface area contributed by atoms with Crippen LogP contribution in [0.1, 0.15) is 46.3 Å². The minimum Gasteiger partial charge on any atom is -0.333 e. The van der Waals surface area contributed by atoms with Crippen LogP contribution in [0, 0.1) is 0 Å². The Labute approximate surface area is 302 Å². The van der Waals surface area contributed by atoms with E-state index in [4.69, 9.17) is 0 Å². The van der Waals surface area contributed by atoms with Crippen molar-refractivity contribution in [2.24, 2.45) is 0 Å². The molecule has 52 heavy (non-hydrogen) atoms. The summed E-state index contributed by atoms with van der Waals surface area (Å²) in [5.41, 5.74) is 17.3. The molecule has 0 fully saturated rings. The Morgan fingerprint density at radius 3 is 2.27 bits per heavy atom. The van der Waals surface area contributed by atoms with Gasteiger partial charge in [-0.25, -0.2) is 0 Å². The molecule has 0 saturated carbocycles. The fraction of sp³-hybridized carbons (Fsp3) is 0.125. The van der Waals surface area contributed by atoms with Crippen molar-refractivity contribution in [1.29, 1.82) is 0 Å². The highest BCUT2D eigenvalue weighted by Crippen LogP contribution is 2.47. The second-order valence-corrected chi connectivity index (χ2v) is 14.5. The number of hydrogen-bond acceptors (Lipinski definition) is 2. The highest BCUT2D eigenvalue weighted by atomic mass is 15.0. The first-order valence-electron chi connectivity index (χ1n) is 18.5. The van der Waals surface area contributed by atoms with Gasteiger partial charge in [0.25, 0.3) is 0 Å². The molecular formula is C48H36N4. The molecule has 0 bridgehead atoms. The van der Waals surface area contributed by atoms with E-state index in [0.29, 0.717) is 12.0 Å². The summed E-state index contributed by atoms with van der Waals surface area (Å²) in [7, 11) is 0. The fourth-order valence-electron chi connectivity index (χ4n) is 9.30. The summed E-state index contributed by atoms with van der Waals surface area (Å²) < 4.78 is 5.13. The summed E-state index contributed by atoms with van der Waals surface area (Å²) in [6.45, 7) is 0. The summed E-state index contributed by atoms with van der Waals surface area (Å²) in [4.78, 5) is 8.55. The quantitative estimate of drug-likeness (QED) is 0.187. The van der Waals surface area contributed by atoms with Gasteiger partial charge in [0.05, 0.1) is 22.6 Å². The van der Waals surface area contributed by atoms with E-state index in [0.717, 1.165) is 25.7 Å². The Bertz CT molecular complexity index is 2780. The number of hydrogen-bond donors (Lipinski definition) is 0. The lowest BCUT2D eigenvalue weighted by Crippen LogP contribution is -2.13. The molecule has 4 aromatic heterocycles. The highest BCUT2D eigenvalue weighted by Gasteiger charge is 2.30. The van der Waals surface area contributed by atoms with Crippen LogP contribution in [0.4, 0.5) is 0 Å². The molecule has 248 valence electrons. The highest BCUT2D eigenvalue weighted by molar-refractivity contribution is 6.12. The molecule has 8 aromatic rings. The van der Waals surface area contributed by atoms with Gasteiger partial charge >= 0.3 is 0 Å². The van der Waals surface area contributed by atoms with Crippen LogP contribution in [-0.2, 0) is 19.3 Å². The van der Waals surface area contributed by atoms with E-state index in [1.54, 1.807) is 0 Å². The second kappa shape index (κ2) is 11.6. The third kappa shape index (κ3) is 4.47. The van der Waals surface area contributed by atoms with Gasteiger partial charge in [0, 0.05) is 58.2 Å². The Balaban J connectivity index is 1.14. The van der Waals surface area contributed by atoms with E-state index < -0.39 is 0 Å². The van der Waals surface area contributed by atoms with Gasteiger partial charge in [0.15, 0.2) is 0 Å². The smallest absolute Gasteiger partial charge is 0.0560 e. The first-order chi connectivity index (χ1) is 25.8. The number of para-hydroxylation sites is 1. The monoisotopic (exact) mass is 668 g/mol. The zero-order valence-electron chi connectivity index (χ0n) is 28.8. The summed E-state index contributed by atoms with van der Waals surface area (Å²) in [5, 5.41) is 4.00. The fourth-order valence-corrected chi connectivity index (χ4v) is 9.30. The number of aromatic nitrogens is 4. The molecular weight excluding hydrogens is 633 g/mol. The average Bonchev–Trinajstić information content (AvgIpc) is 3.73. The first-order valence-corrected chi connectivity index (χ1v) is 18.5. The maximum absolute atomic E-state index is 4.29. The van der Waals surface area contributed by atoms with Crippen LogP contribution in [-0.4, -0.2) is 19.1 Å². The van der Waals surface area contributed by atoms with Gasteiger partial charge in [-0.2, -0.15) is 0 Å². The molecule has 0 aliphatic heterocycles. The average molecular weight is 669 g/mol. The van der Waals surface area contributed by atoms with Crippen molar-refractivity contribution in [1.82, 2.24) is 19.1 Å². The molecule has 3 aliphatic carbocycles. The van der Waals surface area contributed by atoms with E-state index in [1.807, 2.05) is 24.8 Å². The molecule has 3 aliphatic rings. The van der Waals surface area contributed by atoms with Crippen molar-refractivity contribution in [3.05, 3.63) is 180 Å². The number of fused-ring (bicyclic) bond motifs is 10. The summed E-state index contributed by atoms with van der Waals surface area (Å²) in [6.07, 6.45) is 25.6. The van der Waals surface area contributed by atoms with E-state index >= 15 is 0 Å². The minimum atomic E-state index is 0.295. The standard InChI is InChI=1S/C48H36N4/c1-3-7-36(8-4-1)51-45-17-12-34(32-21-25-50-26-22-32)28-43(45)44-29-35-11-14-39-38(41(35)30-47(44)51)15-16-40-42-27-33(31-19-23-49-24-20-31)13-18-46(42)52(48(39)40)37-9-5-2-6-10-37/h1-9,12-13,15-26,28-30,33,37H,10-11,14,27H2. The summed E-state index contributed by atoms with van der Waals surface area (Å²) in [6, 6.07) is 36.4. The molecule has 4 aromatic carbocycles. The lowest BCUT2D eigenvalue weighted by molar-refractivity contribution is 0.617. The number of allylic oxidation sites excluding steroid dienone is 5. The molecule has 11 rings (SSSR count). The topological polar surface area (TPSA) is 35.6 Å². The Morgan fingerprint density at radius 2 is 1.44 bits per heavy atom. The molecule has 0 spiro atoms. The van der Waals surface area contributed by atoms with Gasteiger partial charge in [-0.05, 0) is 137 Å². The summed E-state index contributed by atoms with van der Waals surface area (Å²) in [5.74, 6) is 0.348. The normalized spacial score (nSPS) is 17.5. The van der Waals surface area contributed by atoms with E-state index in [9.17, 15) is 0 Å². The largest absolute Gasteiger partial charge is 0.333 e. The minimum absolute atomic E-state index is 0.295. The van der Waals surface area contributed by atoms with Crippen LogP contribution in [0.2, 0.25) is 0 Å². The van der Waals surface area contributed by atoms with Gasteiger partial charge in [0.1, 0.15) is 0 Å². The van der Waals surface area contributed by atoms with Crippen molar-refractivity contribution in [2.75, 3.05) is 0 Å². The van der Waals surface area contributed by atoms with Gasteiger partial charge in [0.2, 0.25) is 0 Å². The molecule has 0 saturated heterocycles. The zero-order valence-corrected chi connectivity index (χ0v) is 28.8. The Kier molecular flexibility index (Phi) is 6.60. The van der Waals surface area contributed by atoms with E-state index in [1.165, 1.54) is 88.6 Å². The van der Waals surface area contributed by atoms with Crippen LogP contribution in [0.5, 0.6) is 0 Å².